The van der Waals surface area contributed by atoms with Crippen LogP contribution in [0.25, 0.3) is 0 Å². The minimum absolute atomic E-state index is 0.157. The topological polar surface area (TPSA) is 21.3 Å². The van der Waals surface area contributed by atoms with Gasteiger partial charge < -0.3 is 10.1 Å². The third-order valence-electron chi connectivity index (χ3n) is 2.79. The number of rotatable bonds is 7. The summed E-state index contributed by atoms with van der Waals surface area (Å²) >= 11 is 0. The van der Waals surface area contributed by atoms with Gasteiger partial charge in [0.05, 0.1) is 13.2 Å². The molecule has 2 nitrogen and oxygen atoms in total. The SMILES string of the molecule is C=C(C)CCOCc1ccc(CNC(C)(C)C)cc1. The third-order valence-corrected chi connectivity index (χ3v) is 2.79. The van der Waals surface area contributed by atoms with Crippen LogP contribution in [0.15, 0.2) is 36.4 Å². The minimum atomic E-state index is 0.157. The molecule has 0 fully saturated rings. The molecule has 1 aromatic carbocycles. The summed E-state index contributed by atoms with van der Waals surface area (Å²) in [6.45, 7) is 14.8. The predicted molar refractivity (Wildman–Crippen MR) is 82.1 cm³/mol. The molecular weight excluding hydrogens is 234 g/mol. The molecule has 0 unspecified atom stereocenters. The van der Waals surface area contributed by atoms with Crippen molar-refractivity contribution in [3.63, 3.8) is 0 Å². The lowest BCUT2D eigenvalue weighted by Gasteiger charge is -2.20. The average molecular weight is 261 g/mol. The molecule has 0 atom stereocenters. The van der Waals surface area contributed by atoms with Gasteiger partial charge in [-0.3, -0.25) is 0 Å². The molecule has 0 radical (unpaired) electrons. The van der Waals surface area contributed by atoms with Gasteiger partial charge >= 0.3 is 0 Å². The molecule has 0 saturated heterocycles. The normalized spacial score (nSPS) is 11.6. The molecule has 19 heavy (non-hydrogen) atoms. The Morgan fingerprint density at radius 2 is 1.74 bits per heavy atom. The van der Waals surface area contributed by atoms with Gasteiger partial charge in [0.1, 0.15) is 0 Å². The van der Waals surface area contributed by atoms with Crippen molar-refractivity contribution in [1.82, 2.24) is 5.32 Å². The van der Waals surface area contributed by atoms with E-state index in [2.05, 4.69) is 56.9 Å². The highest BCUT2D eigenvalue weighted by Crippen LogP contribution is 2.08. The largest absolute Gasteiger partial charge is 0.376 e. The van der Waals surface area contributed by atoms with E-state index in [1.165, 1.54) is 16.7 Å². The van der Waals surface area contributed by atoms with Crippen molar-refractivity contribution in [2.45, 2.75) is 52.8 Å². The fourth-order valence-electron chi connectivity index (χ4n) is 1.56. The Hall–Kier alpha value is -1.12. The van der Waals surface area contributed by atoms with E-state index in [9.17, 15) is 0 Å². The lowest BCUT2D eigenvalue weighted by molar-refractivity contribution is 0.124. The zero-order valence-corrected chi connectivity index (χ0v) is 12.8. The number of hydrogen-bond donors (Lipinski definition) is 1. The molecule has 0 heterocycles. The Bertz CT molecular complexity index is 387. The summed E-state index contributed by atoms with van der Waals surface area (Å²) in [6, 6.07) is 8.60. The molecule has 0 aromatic heterocycles. The van der Waals surface area contributed by atoms with E-state index in [-0.39, 0.29) is 5.54 Å². The Balaban J connectivity index is 2.33. The van der Waals surface area contributed by atoms with Gasteiger partial charge in [0.15, 0.2) is 0 Å². The fourth-order valence-corrected chi connectivity index (χ4v) is 1.56. The Morgan fingerprint density at radius 3 is 2.26 bits per heavy atom. The number of ether oxygens (including phenoxy) is 1. The van der Waals surface area contributed by atoms with E-state index in [4.69, 9.17) is 4.74 Å². The van der Waals surface area contributed by atoms with Gasteiger partial charge in [0.2, 0.25) is 0 Å². The van der Waals surface area contributed by atoms with E-state index in [0.29, 0.717) is 6.61 Å². The smallest absolute Gasteiger partial charge is 0.0717 e. The van der Waals surface area contributed by atoms with E-state index in [0.717, 1.165) is 19.6 Å². The van der Waals surface area contributed by atoms with Gasteiger partial charge in [-0.15, -0.1) is 6.58 Å². The third kappa shape index (κ3) is 7.81. The minimum Gasteiger partial charge on any atom is -0.376 e. The maximum absolute atomic E-state index is 5.61. The predicted octanol–water partition coefficient (Wildman–Crippen LogP) is 4.06. The fraction of sp³-hybridized carbons (Fsp3) is 0.529. The van der Waals surface area contributed by atoms with Crippen molar-refractivity contribution in [3.05, 3.63) is 47.5 Å². The molecule has 0 aliphatic carbocycles. The summed E-state index contributed by atoms with van der Waals surface area (Å²) in [4.78, 5) is 0. The van der Waals surface area contributed by atoms with Crippen molar-refractivity contribution in [2.24, 2.45) is 0 Å². The van der Waals surface area contributed by atoms with Gasteiger partial charge in [-0.2, -0.15) is 0 Å². The summed E-state index contributed by atoms with van der Waals surface area (Å²) in [6.07, 6.45) is 0.938. The molecule has 106 valence electrons. The van der Waals surface area contributed by atoms with Gasteiger partial charge in [-0.05, 0) is 45.2 Å². The molecule has 0 amide bonds. The zero-order valence-electron chi connectivity index (χ0n) is 12.8. The molecule has 1 rings (SSSR count). The van der Waals surface area contributed by atoms with Gasteiger partial charge in [0, 0.05) is 12.1 Å². The van der Waals surface area contributed by atoms with Crippen LogP contribution in [0.5, 0.6) is 0 Å². The lowest BCUT2D eigenvalue weighted by Crippen LogP contribution is -2.35. The van der Waals surface area contributed by atoms with Crippen molar-refractivity contribution < 1.29 is 4.74 Å². The van der Waals surface area contributed by atoms with Crippen molar-refractivity contribution >= 4 is 0 Å². The molecule has 1 aromatic rings. The Morgan fingerprint density at radius 1 is 1.16 bits per heavy atom. The van der Waals surface area contributed by atoms with Gasteiger partial charge in [0.25, 0.3) is 0 Å². The second-order valence-corrected chi connectivity index (χ2v) is 6.18. The maximum Gasteiger partial charge on any atom is 0.0717 e. The lowest BCUT2D eigenvalue weighted by atomic mass is 10.1. The van der Waals surface area contributed by atoms with Gasteiger partial charge in [-0.1, -0.05) is 29.8 Å². The maximum atomic E-state index is 5.61. The first-order valence-corrected chi connectivity index (χ1v) is 6.92. The highest BCUT2D eigenvalue weighted by Gasteiger charge is 2.07. The first-order chi connectivity index (χ1) is 8.87. The highest BCUT2D eigenvalue weighted by atomic mass is 16.5. The summed E-state index contributed by atoms with van der Waals surface area (Å²) in [7, 11) is 0. The molecular formula is C17H27NO. The summed E-state index contributed by atoms with van der Waals surface area (Å²) in [5.74, 6) is 0. The summed E-state index contributed by atoms with van der Waals surface area (Å²) < 4.78 is 5.61. The van der Waals surface area contributed by atoms with Crippen LogP contribution in [0.1, 0.15) is 45.2 Å². The first kappa shape index (κ1) is 15.9. The van der Waals surface area contributed by atoms with Crippen LogP contribution < -0.4 is 5.32 Å². The van der Waals surface area contributed by atoms with E-state index in [1.807, 2.05) is 6.92 Å². The van der Waals surface area contributed by atoms with Crippen LogP contribution >= 0.6 is 0 Å². The van der Waals surface area contributed by atoms with Crippen LogP contribution in [0.3, 0.4) is 0 Å². The Kier molecular flexibility index (Phi) is 6.26. The zero-order chi connectivity index (χ0) is 14.3. The molecule has 0 spiro atoms. The van der Waals surface area contributed by atoms with E-state index < -0.39 is 0 Å². The molecule has 1 N–H and O–H groups in total. The first-order valence-electron chi connectivity index (χ1n) is 6.92. The second kappa shape index (κ2) is 7.46. The van der Waals surface area contributed by atoms with Crippen LogP contribution in [0, 0.1) is 0 Å². The van der Waals surface area contributed by atoms with Crippen LogP contribution in [-0.4, -0.2) is 12.1 Å². The standard InChI is InChI=1S/C17H27NO/c1-14(2)10-11-19-13-16-8-6-15(7-9-16)12-18-17(3,4)5/h6-9,18H,1,10-13H2,2-5H3. The van der Waals surface area contributed by atoms with Crippen LogP contribution in [0.4, 0.5) is 0 Å². The average Bonchev–Trinajstić information content (AvgIpc) is 2.32. The number of nitrogens with one attached hydrogen (secondary N) is 1. The van der Waals surface area contributed by atoms with E-state index >= 15 is 0 Å². The monoisotopic (exact) mass is 261 g/mol. The van der Waals surface area contributed by atoms with Crippen LogP contribution in [0.2, 0.25) is 0 Å². The molecule has 0 bridgehead atoms. The van der Waals surface area contributed by atoms with Crippen molar-refractivity contribution in [1.29, 1.82) is 0 Å². The summed E-state index contributed by atoms with van der Waals surface area (Å²) in [5.41, 5.74) is 3.86. The highest BCUT2D eigenvalue weighted by molar-refractivity contribution is 5.22. The van der Waals surface area contributed by atoms with Gasteiger partial charge in [-0.25, -0.2) is 0 Å². The summed E-state index contributed by atoms with van der Waals surface area (Å²) in [5, 5.41) is 3.48. The Labute approximate surface area is 117 Å². The van der Waals surface area contributed by atoms with Crippen LogP contribution in [-0.2, 0) is 17.9 Å². The molecule has 0 aliphatic rings. The van der Waals surface area contributed by atoms with Crippen molar-refractivity contribution in [3.8, 4) is 0 Å². The molecule has 0 aliphatic heterocycles. The quantitative estimate of drug-likeness (QED) is 0.590. The molecule has 0 saturated carbocycles. The number of benzene rings is 1. The number of hydrogen-bond acceptors (Lipinski definition) is 2. The van der Waals surface area contributed by atoms with E-state index in [1.54, 1.807) is 0 Å². The second-order valence-electron chi connectivity index (χ2n) is 6.18. The molecule has 2 heteroatoms. The van der Waals surface area contributed by atoms with Crippen molar-refractivity contribution in [2.75, 3.05) is 6.61 Å².